The number of halogens is 8. The predicted octanol–water partition coefficient (Wildman–Crippen LogP) is 9.18. The number of aromatic amines is 1. The summed E-state index contributed by atoms with van der Waals surface area (Å²) in [6.07, 6.45) is 9.21. The van der Waals surface area contributed by atoms with Crippen molar-refractivity contribution in [2.45, 2.75) is 115 Å². The average Bonchev–Trinajstić information content (AvgIpc) is 1.73. The van der Waals surface area contributed by atoms with Gasteiger partial charge in [-0.25, -0.2) is 69.4 Å². The van der Waals surface area contributed by atoms with Gasteiger partial charge in [0.25, 0.3) is 10.0 Å². The van der Waals surface area contributed by atoms with Gasteiger partial charge in [-0.05, 0) is 176 Å². The van der Waals surface area contributed by atoms with Crippen LogP contribution in [0.2, 0.25) is 5.28 Å². The maximum Gasteiger partial charge on any atom is 1.00 e. The van der Waals surface area contributed by atoms with Gasteiger partial charge in [-0.15, -0.1) is 0 Å². The van der Waals surface area contributed by atoms with Crippen LogP contribution in [-0.2, 0) is 43.4 Å². The number of ether oxygens (including phenoxy) is 2. The number of aryl methyl sites for hydroxylation is 2. The third-order valence-corrected chi connectivity index (χ3v) is 15.9. The van der Waals surface area contributed by atoms with Gasteiger partial charge in [0.05, 0.1) is 41.1 Å². The second-order valence-corrected chi connectivity index (χ2v) is 25.9. The van der Waals surface area contributed by atoms with Crippen LogP contribution in [0, 0.1) is 49.0 Å². The Kier molecular flexibility index (Phi) is 28.4. The number of hydrogen-bond donors (Lipinski definition) is 1. The van der Waals surface area contributed by atoms with Crippen molar-refractivity contribution in [3.8, 4) is 11.4 Å². The van der Waals surface area contributed by atoms with Gasteiger partial charge in [0.1, 0.15) is 28.5 Å². The Balaban J connectivity index is 0.000000294. The average molecular weight is 1380 g/mol. The SMILES string of the molecule is CC(C)(C)OC(=O)N1CCC[C@H](Cc2nc(Cl)ncc2F)C1.Cc1ccc(S(=O)(=O)n2cc(-c3ncc(F)c(C[C@H]4CCCN(C(=O)OC(C)(C)C)C4)n3)c3cc(F)cnc32)cc1.Cc1ccc(S(=O)[O-])cc1.Fc1cnc2[nH]cc([B-](F)(F)F)c2c1.S.S.[K+]. The van der Waals surface area contributed by atoms with Gasteiger partial charge in [0.2, 0.25) is 5.28 Å². The van der Waals surface area contributed by atoms with Gasteiger partial charge in [-0.3, -0.25) is 4.21 Å². The first-order valence-electron chi connectivity index (χ1n) is 27.4. The number of benzene rings is 2. The second-order valence-electron chi connectivity index (χ2n) is 22.8. The first-order valence-corrected chi connectivity index (χ1v) is 30.3. The molecule has 2 amide bonds. The molecule has 2 saturated heterocycles. The van der Waals surface area contributed by atoms with Crippen LogP contribution < -0.4 is 56.8 Å². The van der Waals surface area contributed by atoms with E-state index in [0.29, 0.717) is 43.2 Å². The van der Waals surface area contributed by atoms with Gasteiger partial charge in [0, 0.05) is 48.2 Å². The molecule has 0 saturated carbocycles. The topological polar surface area (TPSA) is 231 Å². The van der Waals surface area contributed by atoms with E-state index in [-0.39, 0.29) is 152 Å². The van der Waals surface area contributed by atoms with Crippen molar-refractivity contribution in [3.63, 3.8) is 0 Å². The van der Waals surface area contributed by atoms with Gasteiger partial charge in [0.15, 0.2) is 23.1 Å². The first kappa shape index (κ1) is 77.2. The Morgan fingerprint density at radius 3 is 1.70 bits per heavy atom. The molecular formula is C58H67BClF7KN10O8S4-. The van der Waals surface area contributed by atoms with Gasteiger partial charge < -0.3 is 41.8 Å². The molecule has 2 aliphatic rings. The fourth-order valence-electron chi connectivity index (χ4n) is 9.35. The van der Waals surface area contributed by atoms with Crippen LogP contribution in [0.25, 0.3) is 33.5 Å². The Morgan fingerprint density at radius 1 is 0.722 bits per heavy atom. The van der Waals surface area contributed by atoms with E-state index in [0.717, 1.165) is 83.9 Å². The molecule has 2 fully saturated rings. The van der Waals surface area contributed by atoms with Crippen LogP contribution in [0.4, 0.5) is 40.1 Å². The fraction of sp³-hybridized carbons (Fsp3) is 0.379. The molecule has 90 heavy (non-hydrogen) atoms. The number of amides is 2. The molecule has 2 aliphatic heterocycles. The number of piperidine rings is 2. The van der Waals surface area contributed by atoms with Crippen molar-refractivity contribution < 1.29 is 118 Å². The summed E-state index contributed by atoms with van der Waals surface area (Å²) in [4.78, 5) is 54.4. The van der Waals surface area contributed by atoms with Crippen molar-refractivity contribution in [1.29, 1.82) is 0 Å². The summed E-state index contributed by atoms with van der Waals surface area (Å²) < 4.78 is 152. The first-order chi connectivity index (χ1) is 40.7. The van der Waals surface area contributed by atoms with Gasteiger partial charge >= 0.3 is 70.5 Å². The number of hydrogen-bond acceptors (Lipinski definition) is 14. The van der Waals surface area contributed by atoms with Crippen LogP contribution in [0.3, 0.4) is 0 Å². The van der Waals surface area contributed by atoms with E-state index in [2.05, 4.69) is 34.9 Å². The number of nitrogens with zero attached hydrogens (tertiary/aromatic N) is 9. The zero-order valence-electron chi connectivity index (χ0n) is 50.7. The minimum absolute atomic E-state index is 0. The summed E-state index contributed by atoms with van der Waals surface area (Å²) in [7, 11) is -4.10. The van der Waals surface area contributed by atoms with E-state index in [1.165, 1.54) is 18.3 Å². The smallest absolute Gasteiger partial charge is 0.768 e. The molecule has 6 aromatic heterocycles. The third kappa shape index (κ3) is 21.7. The number of carbonyl (C=O) groups is 2. The molecular weight excluding hydrogens is 1310 g/mol. The molecule has 2 aromatic carbocycles. The van der Waals surface area contributed by atoms with E-state index in [4.69, 9.17) is 21.1 Å². The Hall–Kier alpha value is -5.22. The summed E-state index contributed by atoms with van der Waals surface area (Å²) in [6.45, 7) is 11.7. The fourth-order valence-corrected chi connectivity index (χ4v) is 11.2. The molecule has 8 aromatic rings. The normalized spacial score (nSPS) is 15.4. The molecule has 0 aliphatic carbocycles. The van der Waals surface area contributed by atoms with Crippen LogP contribution in [0.1, 0.15) is 89.7 Å². The number of fused-ring (bicyclic) bond motifs is 2. The van der Waals surface area contributed by atoms with E-state index in [1.807, 2.05) is 34.6 Å². The zero-order valence-corrected chi connectivity index (χ0v) is 58.2. The Bertz CT molecular complexity index is 3890. The summed E-state index contributed by atoms with van der Waals surface area (Å²) in [5, 5.41) is -0.0132. The third-order valence-electron chi connectivity index (χ3n) is 13.4. The van der Waals surface area contributed by atoms with Crippen molar-refractivity contribution in [1.82, 2.24) is 48.7 Å². The molecule has 10 rings (SSSR count). The number of likely N-dealkylation sites (tertiary alicyclic amines) is 2. The predicted molar refractivity (Wildman–Crippen MR) is 334 cm³/mol. The maximum absolute atomic E-state index is 14.9. The monoisotopic (exact) mass is 1380 g/mol. The van der Waals surface area contributed by atoms with E-state index in [9.17, 15) is 57.3 Å². The van der Waals surface area contributed by atoms with Gasteiger partial charge in [-0.1, -0.05) is 40.9 Å². The van der Waals surface area contributed by atoms with Crippen LogP contribution in [-0.4, -0.2) is 122 Å². The number of nitrogens with one attached hydrogen (secondary N) is 1. The summed E-state index contributed by atoms with van der Waals surface area (Å²) >= 11 is 3.63. The second kappa shape index (κ2) is 33.1. The summed E-state index contributed by atoms with van der Waals surface area (Å²) in [6, 6.07) is 15.0. The molecule has 18 nitrogen and oxygen atoms in total. The number of pyridine rings is 2. The van der Waals surface area contributed by atoms with E-state index < -0.39 is 74.1 Å². The van der Waals surface area contributed by atoms with E-state index >= 15 is 0 Å². The Labute approximate surface area is 581 Å². The molecule has 1 N–H and O–H groups in total. The molecule has 1 unspecified atom stereocenters. The standard InChI is InChI=1S/C29H31F2N5O4S.C15H21ClFN3O2.C7H4BF4N2.C7H8O2S.K.2H2S/c1-18-7-9-21(10-8-18)41(38,39)36-17-23(22-13-20(30)14-33-27(22)36)26-32-15-24(31)25(34-26)12-19-6-5-11-35(16-19)28(37)40-29(2,3)4;1-15(2,3)22-14(21)20-6-4-5-10(9-20)7-12-11(17)8-18-13(16)19-12;9-4-1-5-6(8(10,11)12)3-14-7(5)13-2-4;1-6-2-4-7(5-3-6)10(8)9;;;/h7-10,13-15,17,19H,5-6,11-12,16H2,1-4H3;8,10H,4-7,9H2,1-3H3;1-3H,(H,13,14);2-5H,1H3,(H,8,9);;2*1H2/q;;-1;;+1;;/p-1/t19-;10-;;;;;/m11...../s1. The number of H-pyrrole nitrogens is 1. The minimum Gasteiger partial charge on any atom is -0.768 e. The molecule has 0 radical (unpaired) electrons. The van der Waals surface area contributed by atoms with Crippen LogP contribution >= 0.6 is 38.6 Å². The zero-order chi connectivity index (χ0) is 63.8. The molecule has 32 heteroatoms. The number of carbonyl (C=O) groups excluding carboxylic acids is 2. The minimum atomic E-state index is -5.13. The van der Waals surface area contributed by atoms with Crippen LogP contribution in [0.15, 0.2) is 108 Å². The van der Waals surface area contributed by atoms with Crippen LogP contribution in [0.5, 0.6) is 0 Å². The molecule has 0 spiro atoms. The largest absolute Gasteiger partial charge is 1.00 e. The summed E-state index contributed by atoms with van der Waals surface area (Å²) in [5.41, 5.74) is 0.630. The quantitative estimate of drug-likeness (QED) is 0.0615. The molecule has 8 heterocycles. The van der Waals surface area contributed by atoms with Crippen molar-refractivity contribution in [2.24, 2.45) is 11.8 Å². The molecule has 0 bridgehead atoms. The number of aromatic nitrogens is 8. The molecule has 3 atom stereocenters. The van der Waals surface area contributed by atoms with Gasteiger partial charge in [-0.2, -0.15) is 27.0 Å². The molecule has 482 valence electrons. The van der Waals surface area contributed by atoms with Crippen molar-refractivity contribution >= 4 is 106 Å². The van der Waals surface area contributed by atoms with Crippen molar-refractivity contribution in [3.05, 3.63) is 149 Å². The summed E-state index contributed by atoms with van der Waals surface area (Å²) in [5.74, 6) is -2.43. The maximum atomic E-state index is 14.9. The number of rotatable bonds is 9. The Morgan fingerprint density at radius 2 is 1.20 bits per heavy atom. The van der Waals surface area contributed by atoms with E-state index in [1.54, 1.807) is 67.0 Å². The van der Waals surface area contributed by atoms with Crippen molar-refractivity contribution in [2.75, 3.05) is 26.2 Å².